The maximum atomic E-state index is 11.6. The van der Waals surface area contributed by atoms with E-state index < -0.39 is 5.97 Å². The Bertz CT molecular complexity index is 428. The summed E-state index contributed by atoms with van der Waals surface area (Å²) in [6.45, 7) is 0.271. The molecule has 0 aliphatic heterocycles. The Labute approximate surface area is 105 Å². The predicted octanol–water partition coefficient (Wildman–Crippen LogP) is 1.24. The quantitative estimate of drug-likeness (QED) is 0.432. The number of benzene rings is 1. The minimum absolute atomic E-state index is 0.00686. The van der Waals surface area contributed by atoms with Gasteiger partial charge in [-0.3, -0.25) is 14.4 Å². The number of nitrogens with one attached hydrogen (secondary N) is 1. The Morgan fingerprint density at radius 2 is 1.78 bits per heavy atom. The molecule has 0 aliphatic rings. The number of rotatable bonds is 7. The van der Waals surface area contributed by atoms with Crippen molar-refractivity contribution in [2.45, 2.75) is 19.3 Å². The average molecular weight is 249 g/mol. The first kappa shape index (κ1) is 13.9. The van der Waals surface area contributed by atoms with Gasteiger partial charge >= 0.3 is 5.97 Å². The summed E-state index contributed by atoms with van der Waals surface area (Å²) in [4.78, 5) is 33.3. The first-order valence-electron chi connectivity index (χ1n) is 5.66. The molecule has 0 aromatic heterocycles. The van der Waals surface area contributed by atoms with Crippen LogP contribution >= 0.6 is 0 Å². The average Bonchev–Trinajstić information content (AvgIpc) is 2.35. The smallest absolute Gasteiger partial charge is 0.303 e. The fourth-order valence-electron chi connectivity index (χ4n) is 1.40. The molecule has 2 N–H and O–H groups in total. The lowest BCUT2D eigenvalue weighted by Crippen LogP contribution is -2.27. The molecule has 0 aliphatic carbocycles. The Balaban J connectivity index is 2.28. The van der Waals surface area contributed by atoms with Gasteiger partial charge in [-0.15, -0.1) is 0 Å². The van der Waals surface area contributed by atoms with Gasteiger partial charge in [0.05, 0.1) is 6.42 Å². The highest BCUT2D eigenvalue weighted by Gasteiger charge is 2.10. The topological polar surface area (TPSA) is 83.5 Å². The molecule has 1 amide bonds. The van der Waals surface area contributed by atoms with Crippen molar-refractivity contribution >= 4 is 17.7 Å². The summed E-state index contributed by atoms with van der Waals surface area (Å²) < 4.78 is 0. The predicted molar refractivity (Wildman–Crippen MR) is 65.3 cm³/mol. The molecule has 0 saturated heterocycles. The number of aliphatic carboxylic acids is 1. The van der Waals surface area contributed by atoms with Crippen molar-refractivity contribution in [2.75, 3.05) is 6.54 Å². The molecule has 1 rings (SSSR count). The maximum absolute atomic E-state index is 11.6. The number of ketones is 1. The molecular weight excluding hydrogens is 234 g/mol. The molecule has 0 unspecified atom stereocenters. The molecule has 0 fully saturated rings. The van der Waals surface area contributed by atoms with E-state index in [2.05, 4.69) is 5.32 Å². The third-order valence-electron chi connectivity index (χ3n) is 2.31. The van der Waals surface area contributed by atoms with Gasteiger partial charge in [-0.1, -0.05) is 30.3 Å². The molecule has 0 atom stereocenters. The first-order chi connectivity index (χ1) is 8.59. The normalized spacial score (nSPS) is 9.78. The van der Waals surface area contributed by atoms with E-state index in [0.29, 0.717) is 12.0 Å². The number of carboxylic acid groups (broad SMARTS) is 1. The lowest BCUT2D eigenvalue weighted by molar-refractivity contribution is -0.137. The summed E-state index contributed by atoms with van der Waals surface area (Å²) >= 11 is 0. The second-order valence-corrected chi connectivity index (χ2v) is 3.81. The number of amides is 1. The SMILES string of the molecule is O=C(O)CCCNC(=O)CC(=O)c1ccccc1. The number of hydrogen-bond donors (Lipinski definition) is 2. The Morgan fingerprint density at radius 1 is 1.11 bits per heavy atom. The minimum Gasteiger partial charge on any atom is -0.481 e. The van der Waals surface area contributed by atoms with Crippen LogP contribution in [0.15, 0.2) is 30.3 Å². The van der Waals surface area contributed by atoms with E-state index in [0.717, 1.165) is 0 Å². The fraction of sp³-hybridized carbons (Fsp3) is 0.308. The Hall–Kier alpha value is -2.17. The van der Waals surface area contributed by atoms with Crippen molar-refractivity contribution in [3.63, 3.8) is 0 Å². The van der Waals surface area contributed by atoms with Crippen LogP contribution in [0.25, 0.3) is 0 Å². The second-order valence-electron chi connectivity index (χ2n) is 3.81. The van der Waals surface area contributed by atoms with Gasteiger partial charge in [-0.2, -0.15) is 0 Å². The van der Waals surface area contributed by atoms with Crippen molar-refractivity contribution in [2.24, 2.45) is 0 Å². The van der Waals surface area contributed by atoms with Crippen LogP contribution in [0.5, 0.6) is 0 Å². The molecule has 0 saturated carbocycles. The number of carbonyl (C=O) groups is 3. The van der Waals surface area contributed by atoms with Crippen LogP contribution in [-0.4, -0.2) is 29.3 Å². The molecule has 0 bridgehead atoms. The molecule has 1 aromatic carbocycles. The zero-order valence-electron chi connectivity index (χ0n) is 9.89. The zero-order chi connectivity index (χ0) is 13.4. The highest BCUT2D eigenvalue weighted by atomic mass is 16.4. The second kappa shape index (κ2) is 7.21. The molecule has 0 spiro atoms. The molecule has 5 nitrogen and oxygen atoms in total. The summed E-state index contributed by atoms with van der Waals surface area (Å²) in [5, 5.41) is 10.9. The number of carboxylic acids is 1. The maximum Gasteiger partial charge on any atom is 0.303 e. The number of carbonyl (C=O) groups excluding carboxylic acids is 2. The largest absolute Gasteiger partial charge is 0.481 e. The van der Waals surface area contributed by atoms with Crippen LogP contribution in [0.4, 0.5) is 0 Å². The van der Waals surface area contributed by atoms with Gasteiger partial charge in [0.1, 0.15) is 0 Å². The van der Waals surface area contributed by atoms with E-state index >= 15 is 0 Å². The minimum atomic E-state index is -0.899. The van der Waals surface area contributed by atoms with Gasteiger partial charge in [-0.25, -0.2) is 0 Å². The van der Waals surface area contributed by atoms with Crippen molar-refractivity contribution < 1.29 is 19.5 Å². The lowest BCUT2D eigenvalue weighted by Gasteiger charge is -2.03. The summed E-state index contributed by atoms with van der Waals surface area (Å²) in [7, 11) is 0. The van der Waals surface area contributed by atoms with Crippen LogP contribution in [0.2, 0.25) is 0 Å². The van der Waals surface area contributed by atoms with Gasteiger partial charge in [0, 0.05) is 18.5 Å². The Kier molecular flexibility index (Phi) is 5.57. The number of Topliss-reactive ketones (excluding diaryl/α,β-unsaturated/α-hetero) is 1. The highest BCUT2D eigenvalue weighted by molar-refractivity contribution is 6.07. The van der Waals surface area contributed by atoms with Crippen LogP contribution in [0.3, 0.4) is 0 Å². The Morgan fingerprint density at radius 3 is 2.39 bits per heavy atom. The van der Waals surface area contributed by atoms with Crippen molar-refractivity contribution in [1.82, 2.24) is 5.32 Å². The van der Waals surface area contributed by atoms with Crippen LogP contribution in [0.1, 0.15) is 29.6 Å². The zero-order valence-corrected chi connectivity index (χ0v) is 9.89. The van der Waals surface area contributed by atoms with Gasteiger partial charge in [0.2, 0.25) is 5.91 Å². The third-order valence-corrected chi connectivity index (χ3v) is 2.31. The van der Waals surface area contributed by atoms with Gasteiger partial charge < -0.3 is 10.4 Å². The highest BCUT2D eigenvalue weighted by Crippen LogP contribution is 2.02. The van der Waals surface area contributed by atoms with E-state index in [1.807, 2.05) is 0 Å². The standard InChI is InChI=1S/C13H15NO4/c15-11(10-5-2-1-3-6-10)9-12(16)14-8-4-7-13(17)18/h1-3,5-6H,4,7-9H2,(H,14,16)(H,17,18). The monoisotopic (exact) mass is 249 g/mol. The summed E-state index contributed by atoms with van der Waals surface area (Å²) in [5.41, 5.74) is 0.498. The summed E-state index contributed by atoms with van der Waals surface area (Å²) in [6.07, 6.45) is 0.157. The van der Waals surface area contributed by atoms with Crippen LogP contribution < -0.4 is 5.32 Å². The van der Waals surface area contributed by atoms with Crippen molar-refractivity contribution in [1.29, 1.82) is 0 Å². The van der Waals surface area contributed by atoms with E-state index in [-0.39, 0.29) is 31.1 Å². The van der Waals surface area contributed by atoms with Crippen LogP contribution in [0, 0.1) is 0 Å². The fourth-order valence-corrected chi connectivity index (χ4v) is 1.40. The first-order valence-corrected chi connectivity index (χ1v) is 5.66. The van der Waals surface area contributed by atoms with Gasteiger partial charge in [0.15, 0.2) is 5.78 Å². The molecule has 0 radical (unpaired) electrons. The van der Waals surface area contributed by atoms with E-state index in [9.17, 15) is 14.4 Å². The third kappa shape index (κ3) is 5.25. The van der Waals surface area contributed by atoms with Crippen molar-refractivity contribution in [3.05, 3.63) is 35.9 Å². The van der Waals surface area contributed by atoms with E-state index in [1.165, 1.54) is 0 Å². The van der Waals surface area contributed by atoms with Crippen LogP contribution in [-0.2, 0) is 9.59 Å². The molecule has 18 heavy (non-hydrogen) atoms. The van der Waals surface area contributed by atoms with E-state index in [1.54, 1.807) is 30.3 Å². The molecule has 1 aromatic rings. The summed E-state index contributed by atoms with van der Waals surface area (Å²) in [6, 6.07) is 8.57. The molecular formula is C13H15NO4. The summed E-state index contributed by atoms with van der Waals surface area (Å²) in [5.74, 6) is -1.52. The lowest BCUT2D eigenvalue weighted by atomic mass is 10.1. The van der Waals surface area contributed by atoms with Crippen molar-refractivity contribution in [3.8, 4) is 0 Å². The van der Waals surface area contributed by atoms with Gasteiger partial charge in [-0.05, 0) is 6.42 Å². The molecule has 5 heteroatoms. The van der Waals surface area contributed by atoms with Gasteiger partial charge in [0.25, 0.3) is 0 Å². The van der Waals surface area contributed by atoms with E-state index in [4.69, 9.17) is 5.11 Å². The molecule has 0 heterocycles. The number of hydrogen-bond acceptors (Lipinski definition) is 3. The molecule has 96 valence electrons.